The second kappa shape index (κ2) is 6.47. The van der Waals surface area contributed by atoms with Crippen LogP contribution in [0.4, 0.5) is 0 Å². The molecule has 2 fully saturated rings. The first-order valence-corrected chi connectivity index (χ1v) is 9.75. The Hall–Kier alpha value is -2.63. The lowest BCUT2D eigenvalue weighted by Crippen LogP contribution is -2.39. The number of rotatable bonds is 3. The number of nitrogens with one attached hydrogen (secondary N) is 1. The van der Waals surface area contributed by atoms with Crippen molar-refractivity contribution in [2.45, 2.75) is 46.1 Å². The number of aromatic amines is 1. The number of H-pyrrole nitrogens is 1. The predicted octanol–water partition coefficient (Wildman–Crippen LogP) is 3.11. The summed E-state index contributed by atoms with van der Waals surface area (Å²) in [4.78, 5) is 41.8. The van der Waals surface area contributed by atoms with Crippen LogP contribution in [0.2, 0.25) is 0 Å². The molecule has 1 aliphatic carbocycles. The van der Waals surface area contributed by atoms with E-state index in [2.05, 4.69) is 25.8 Å². The molecule has 1 saturated heterocycles. The number of nitrogens with zero attached hydrogens (tertiary/aromatic N) is 1. The van der Waals surface area contributed by atoms with E-state index in [-0.39, 0.29) is 40.5 Å². The molecule has 1 N–H and O–H groups in total. The third kappa shape index (κ3) is 3.43. The molecule has 1 aliphatic heterocycles. The molecular formula is C22H26N2O4. The molecule has 1 aromatic heterocycles. The van der Waals surface area contributed by atoms with Crippen molar-refractivity contribution in [2.75, 3.05) is 13.2 Å². The normalized spacial score (nSPS) is 25.7. The van der Waals surface area contributed by atoms with Crippen molar-refractivity contribution in [3.8, 4) is 0 Å². The topological polar surface area (TPSA) is 79.5 Å². The van der Waals surface area contributed by atoms with Crippen LogP contribution in [0.5, 0.6) is 0 Å². The Labute approximate surface area is 163 Å². The summed E-state index contributed by atoms with van der Waals surface area (Å²) in [5, 5.41) is 0.603. The number of pyridine rings is 1. The van der Waals surface area contributed by atoms with E-state index in [1.807, 2.05) is 4.90 Å². The first-order valence-electron chi connectivity index (χ1n) is 9.75. The zero-order valence-corrected chi connectivity index (χ0v) is 16.6. The minimum atomic E-state index is -0.649. The van der Waals surface area contributed by atoms with Crippen molar-refractivity contribution in [1.82, 2.24) is 9.88 Å². The molecule has 2 aromatic rings. The minimum absolute atomic E-state index is 0.134. The van der Waals surface area contributed by atoms with Gasteiger partial charge < -0.3 is 14.6 Å². The second-order valence-electron chi connectivity index (χ2n) is 9.40. The number of hydrogen-bond donors (Lipinski definition) is 1. The number of aromatic nitrogens is 1. The SMILES string of the molecule is CC1(C)CC2CC(C)(CN2C(=O)COC(=O)c2cc(=O)[nH]c3ccccc23)C1. The Kier molecular flexibility index (Phi) is 4.32. The fraction of sp³-hybridized carbons (Fsp3) is 0.500. The van der Waals surface area contributed by atoms with Gasteiger partial charge in [0, 0.05) is 29.6 Å². The van der Waals surface area contributed by atoms with Crippen LogP contribution in [0.1, 0.15) is 50.4 Å². The highest BCUT2D eigenvalue weighted by Gasteiger charge is 2.50. The van der Waals surface area contributed by atoms with E-state index < -0.39 is 5.97 Å². The molecule has 1 aromatic carbocycles. The zero-order valence-electron chi connectivity index (χ0n) is 16.6. The fourth-order valence-electron chi connectivity index (χ4n) is 5.41. The summed E-state index contributed by atoms with van der Waals surface area (Å²) in [6, 6.07) is 8.48. The lowest BCUT2D eigenvalue weighted by Gasteiger charge is -2.39. The lowest BCUT2D eigenvalue weighted by molar-refractivity contribution is -0.135. The molecule has 2 unspecified atom stereocenters. The average molecular weight is 382 g/mol. The number of ether oxygens (including phenoxy) is 1. The summed E-state index contributed by atoms with van der Waals surface area (Å²) in [6.07, 6.45) is 3.08. The summed E-state index contributed by atoms with van der Waals surface area (Å²) in [6.45, 7) is 7.16. The predicted molar refractivity (Wildman–Crippen MR) is 106 cm³/mol. The molecule has 2 bridgehead atoms. The zero-order chi connectivity index (χ0) is 20.1. The van der Waals surface area contributed by atoms with Gasteiger partial charge in [-0.1, -0.05) is 39.0 Å². The van der Waals surface area contributed by atoms with E-state index in [1.165, 1.54) is 6.07 Å². The van der Waals surface area contributed by atoms with E-state index in [4.69, 9.17) is 4.74 Å². The van der Waals surface area contributed by atoms with E-state index >= 15 is 0 Å². The Morgan fingerprint density at radius 2 is 1.96 bits per heavy atom. The highest BCUT2D eigenvalue weighted by atomic mass is 16.5. The third-order valence-electron chi connectivity index (χ3n) is 6.03. The van der Waals surface area contributed by atoms with Gasteiger partial charge in [-0.25, -0.2) is 4.79 Å². The maximum absolute atomic E-state index is 12.8. The first-order chi connectivity index (χ1) is 13.2. The maximum atomic E-state index is 12.8. The van der Waals surface area contributed by atoms with Crippen molar-refractivity contribution in [1.29, 1.82) is 0 Å². The van der Waals surface area contributed by atoms with Gasteiger partial charge >= 0.3 is 5.97 Å². The molecule has 1 saturated carbocycles. The summed E-state index contributed by atoms with van der Waals surface area (Å²) in [7, 11) is 0. The second-order valence-corrected chi connectivity index (χ2v) is 9.40. The number of hydrogen-bond acceptors (Lipinski definition) is 4. The molecule has 1 amide bonds. The molecule has 2 atom stereocenters. The summed E-state index contributed by atoms with van der Waals surface area (Å²) < 4.78 is 5.32. The number of likely N-dealkylation sites (tertiary alicyclic amines) is 1. The quantitative estimate of drug-likeness (QED) is 0.827. The Morgan fingerprint density at radius 3 is 2.75 bits per heavy atom. The summed E-state index contributed by atoms with van der Waals surface area (Å²) in [5.41, 5.74) is 0.722. The van der Waals surface area contributed by atoms with Crippen LogP contribution in [-0.2, 0) is 9.53 Å². The number of para-hydroxylation sites is 1. The average Bonchev–Trinajstić information content (AvgIpc) is 2.87. The van der Waals surface area contributed by atoms with Crippen LogP contribution in [0, 0.1) is 10.8 Å². The fourth-order valence-corrected chi connectivity index (χ4v) is 5.41. The smallest absolute Gasteiger partial charge is 0.339 e. The van der Waals surface area contributed by atoms with E-state index in [9.17, 15) is 14.4 Å². The third-order valence-corrected chi connectivity index (χ3v) is 6.03. The van der Waals surface area contributed by atoms with Gasteiger partial charge in [0.15, 0.2) is 6.61 Å². The monoisotopic (exact) mass is 382 g/mol. The van der Waals surface area contributed by atoms with Crippen molar-refractivity contribution in [2.24, 2.45) is 10.8 Å². The molecule has 2 aliphatic rings. The number of carbonyl (C=O) groups is 2. The Morgan fingerprint density at radius 1 is 1.21 bits per heavy atom. The number of carbonyl (C=O) groups excluding carboxylic acids is 2. The summed E-state index contributed by atoms with van der Waals surface area (Å²) in [5.74, 6) is -0.807. The molecular weight excluding hydrogens is 356 g/mol. The van der Waals surface area contributed by atoms with Crippen molar-refractivity contribution in [3.63, 3.8) is 0 Å². The van der Waals surface area contributed by atoms with Crippen LogP contribution in [-0.4, -0.2) is 41.0 Å². The number of benzene rings is 1. The largest absolute Gasteiger partial charge is 0.452 e. The molecule has 6 nitrogen and oxygen atoms in total. The standard InChI is InChI=1S/C22H26N2O4/c1-21(2)9-14-10-22(3,12-21)13-24(14)19(26)11-28-20(27)16-8-18(25)23-17-7-5-4-6-15(16)17/h4-8,14H,9-13H2,1-3H3,(H,23,25). The van der Waals surface area contributed by atoms with Crippen LogP contribution < -0.4 is 5.56 Å². The van der Waals surface area contributed by atoms with Crippen LogP contribution in [0.25, 0.3) is 10.9 Å². The highest BCUT2D eigenvalue weighted by molar-refractivity contribution is 6.03. The highest BCUT2D eigenvalue weighted by Crippen LogP contribution is 2.52. The lowest BCUT2D eigenvalue weighted by atomic mass is 9.65. The molecule has 0 radical (unpaired) electrons. The van der Waals surface area contributed by atoms with Gasteiger partial charge in [0.05, 0.1) is 5.56 Å². The molecule has 148 valence electrons. The minimum Gasteiger partial charge on any atom is -0.452 e. The van der Waals surface area contributed by atoms with Crippen molar-refractivity contribution in [3.05, 3.63) is 46.2 Å². The van der Waals surface area contributed by atoms with Crippen molar-refractivity contribution < 1.29 is 14.3 Å². The molecule has 6 heteroatoms. The van der Waals surface area contributed by atoms with Gasteiger partial charge in [0.25, 0.3) is 5.91 Å². The molecule has 0 spiro atoms. The van der Waals surface area contributed by atoms with Crippen LogP contribution in [0.15, 0.2) is 35.1 Å². The molecule has 4 rings (SSSR count). The van der Waals surface area contributed by atoms with Crippen LogP contribution in [0.3, 0.4) is 0 Å². The van der Waals surface area contributed by atoms with E-state index in [0.717, 1.165) is 19.3 Å². The van der Waals surface area contributed by atoms with Crippen molar-refractivity contribution >= 4 is 22.8 Å². The Bertz CT molecular complexity index is 1010. The first kappa shape index (κ1) is 18.7. The molecule has 2 heterocycles. The number of fused-ring (bicyclic) bond motifs is 3. The molecule has 28 heavy (non-hydrogen) atoms. The van der Waals surface area contributed by atoms with E-state index in [0.29, 0.717) is 17.4 Å². The Balaban J connectivity index is 1.48. The number of esters is 1. The van der Waals surface area contributed by atoms with E-state index in [1.54, 1.807) is 24.3 Å². The van der Waals surface area contributed by atoms with Gasteiger partial charge in [0.1, 0.15) is 0 Å². The number of amides is 1. The maximum Gasteiger partial charge on any atom is 0.339 e. The van der Waals surface area contributed by atoms with Gasteiger partial charge in [-0.3, -0.25) is 9.59 Å². The van der Waals surface area contributed by atoms with Gasteiger partial charge in [-0.05, 0) is 36.2 Å². The van der Waals surface area contributed by atoms with Crippen LogP contribution >= 0.6 is 0 Å². The van der Waals surface area contributed by atoms with Gasteiger partial charge in [-0.2, -0.15) is 0 Å². The summed E-state index contributed by atoms with van der Waals surface area (Å²) >= 11 is 0. The van der Waals surface area contributed by atoms with Gasteiger partial charge in [0.2, 0.25) is 5.56 Å². The van der Waals surface area contributed by atoms with Gasteiger partial charge in [-0.15, -0.1) is 0 Å².